The lowest BCUT2D eigenvalue weighted by Crippen LogP contribution is -2.15. The van der Waals surface area contributed by atoms with Crippen molar-refractivity contribution < 1.29 is 4.74 Å². The fraction of sp³-hybridized carbons (Fsp3) is 0.278. The van der Waals surface area contributed by atoms with E-state index in [4.69, 9.17) is 4.74 Å². The van der Waals surface area contributed by atoms with Crippen LogP contribution in [0, 0.1) is 5.92 Å². The second-order valence-corrected chi connectivity index (χ2v) is 6.49. The SMILES string of the molecule is COc1ccnc2[nH]c(=O)n(-c3ccc4ncn(CC5CC5)c4c3)c12. The van der Waals surface area contributed by atoms with Crippen molar-refractivity contribution in [1.29, 1.82) is 0 Å². The number of ether oxygens (including phenoxy) is 1. The van der Waals surface area contributed by atoms with E-state index in [2.05, 4.69) is 19.5 Å². The van der Waals surface area contributed by atoms with Crippen LogP contribution in [0.25, 0.3) is 27.9 Å². The van der Waals surface area contributed by atoms with Gasteiger partial charge in [-0.25, -0.2) is 14.8 Å². The van der Waals surface area contributed by atoms with Gasteiger partial charge >= 0.3 is 5.69 Å². The molecule has 0 radical (unpaired) electrons. The van der Waals surface area contributed by atoms with Crippen molar-refractivity contribution in [2.24, 2.45) is 5.92 Å². The summed E-state index contributed by atoms with van der Waals surface area (Å²) in [6.45, 7) is 0.980. The summed E-state index contributed by atoms with van der Waals surface area (Å²) in [5, 5.41) is 0. The van der Waals surface area contributed by atoms with E-state index < -0.39 is 0 Å². The van der Waals surface area contributed by atoms with Gasteiger partial charge < -0.3 is 9.30 Å². The highest BCUT2D eigenvalue weighted by Crippen LogP contribution is 2.32. The molecule has 1 aromatic carbocycles. The molecule has 3 aromatic heterocycles. The summed E-state index contributed by atoms with van der Waals surface area (Å²) in [7, 11) is 1.59. The number of methoxy groups -OCH3 is 1. The third-order valence-corrected chi connectivity index (χ3v) is 4.77. The molecule has 0 spiro atoms. The Morgan fingerprint density at radius 2 is 2.16 bits per heavy atom. The molecule has 0 unspecified atom stereocenters. The van der Waals surface area contributed by atoms with Crippen LogP contribution in [0.2, 0.25) is 0 Å². The standard InChI is InChI=1S/C18H17N5O2/c1-25-15-6-7-19-17-16(15)23(18(24)21-17)12-4-5-13-14(8-12)22(10-20-13)9-11-2-3-11/h4-8,10-11H,2-3,9H2,1H3,(H,19,21,24). The van der Waals surface area contributed by atoms with Crippen LogP contribution < -0.4 is 10.4 Å². The summed E-state index contributed by atoms with van der Waals surface area (Å²) < 4.78 is 9.20. The summed E-state index contributed by atoms with van der Waals surface area (Å²) in [5.41, 5.74) is 3.65. The van der Waals surface area contributed by atoms with Gasteiger partial charge in [0, 0.05) is 18.8 Å². The number of aromatic amines is 1. The fourth-order valence-corrected chi connectivity index (χ4v) is 3.32. The number of hydrogen-bond donors (Lipinski definition) is 1. The second kappa shape index (κ2) is 5.20. The summed E-state index contributed by atoms with van der Waals surface area (Å²) in [5.74, 6) is 1.36. The fourth-order valence-electron chi connectivity index (χ4n) is 3.32. The minimum atomic E-state index is -0.236. The lowest BCUT2D eigenvalue weighted by atomic mass is 10.2. The largest absolute Gasteiger partial charge is 0.494 e. The van der Waals surface area contributed by atoms with Gasteiger partial charge in [-0.05, 0) is 37.0 Å². The number of fused-ring (bicyclic) bond motifs is 2. The molecule has 1 aliphatic rings. The summed E-state index contributed by atoms with van der Waals surface area (Å²) in [6.07, 6.45) is 6.07. The minimum Gasteiger partial charge on any atom is -0.494 e. The first-order valence-electron chi connectivity index (χ1n) is 8.33. The molecule has 0 saturated heterocycles. The number of imidazole rings is 2. The first-order chi connectivity index (χ1) is 12.2. The van der Waals surface area contributed by atoms with Crippen LogP contribution in [0.1, 0.15) is 12.8 Å². The van der Waals surface area contributed by atoms with Crippen LogP contribution >= 0.6 is 0 Å². The Hall–Kier alpha value is -3.09. The maximum atomic E-state index is 12.5. The van der Waals surface area contributed by atoms with Gasteiger partial charge in [-0.3, -0.25) is 9.55 Å². The van der Waals surface area contributed by atoms with E-state index in [1.807, 2.05) is 24.5 Å². The number of rotatable bonds is 4. The van der Waals surface area contributed by atoms with E-state index in [1.54, 1.807) is 23.9 Å². The number of nitrogens with zero attached hydrogens (tertiary/aromatic N) is 4. The number of aromatic nitrogens is 5. The Balaban J connectivity index is 1.74. The molecule has 0 bridgehead atoms. The molecule has 1 fully saturated rings. The van der Waals surface area contributed by atoms with Gasteiger partial charge in [0.1, 0.15) is 11.3 Å². The zero-order chi connectivity index (χ0) is 17.0. The summed E-state index contributed by atoms with van der Waals surface area (Å²) in [4.78, 5) is 24.0. The first-order valence-corrected chi connectivity index (χ1v) is 8.33. The lowest BCUT2D eigenvalue weighted by molar-refractivity contribution is 0.418. The highest BCUT2D eigenvalue weighted by atomic mass is 16.5. The topological polar surface area (TPSA) is 77.7 Å². The van der Waals surface area contributed by atoms with Crippen LogP contribution in [0.15, 0.2) is 41.6 Å². The van der Waals surface area contributed by atoms with Crippen LogP contribution in [0.3, 0.4) is 0 Å². The quantitative estimate of drug-likeness (QED) is 0.621. The Morgan fingerprint density at radius 1 is 1.28 bits per heavy atom. The highest BCUT2D eigenvalue weighted by molar-refractivity contribution is 5.83. The van der Waals surface area contributed by atoms with Gasteiger partial charge in [-0.15, -0.1) is 0 Å². The van der Waals surface area contributed by atoms with Crippen molar-refractivity contribution in [2.75, 3.05) is 7.11 Å². The van der Waals surface area contributed by atoms with Gasteiger partial charge in [0.25, 0.3) is 0 Å². The van der Waals surface area contributed by atoms with Crippen LogP contribution in [-0.4, -0.2) is 31.2 Å². The number of H-pyrrole nitrogens is 1. The van der Waals surface area contributed by atoms with E-state index in [1.165, 1.54) is 12.8 Å². The van der Waals surface area contributed by atoms with E-state index in [0.717, 1.165) is 29.2 Å². The minimum absolute atomic E-state index is 0.236. The van der Waals surface area contributed by atoms with Crippen LogP contribution in [0.4, 0.5) is 0 Å². The molecule has 0 amide bonds. The summed E-state index contributed by atoms with van der Waals surface area (Å²) >= 11 is 0. The molecule has 3 heterocycles. The zero-order valence-corrected chi connectivity index (χ0v) is 13.8. The Morgan fingerprint density at radius 3 is 2.96 bits per heavy atom. The molecular formula is C18H17N5O2. The van der Waals surface area contributed by atoms with E-state index >= 15 is 0 Å². The van der Waals surface area contributed by atoms with Crippen molar-refractivity contribution in [3.05, 3.63) is 47.3 Å². The third-order valence-electron chi connectivity index (χ3n) is 4.77. The molecule has 0 atom stereocenters. The third kappa shape index (κ3) is 2.23. The molecule has 1 aliphatic carbocycles. The molecule has 5 rings (SSSR count). The van der Waals surface area contributed by atoms with Crippen molar-refractivity contribution in [1.82, 2.24) is 24.1 Å². The Kier molecular flexibility index (Phi) is 2.97. The predicted molar refractivity (Wildman–Crippen MR) is 94.3 cm³/mol. The summed E-state index contributed by atoms with van der Waals surface area (Å²) in [6, 6.07) is 7.61. The normalized spacial score (nSPS) is 14.4. The average Bonchev–Trinajstić information content (AvgIpc) is 3.25. The van der Waals surface area contributed by atoms with Crippen molar-refractivity contribution in [3.63, 3.8) is 0 Å². The van der Waals surface area contributed by atoms with Gasteiger partial charge in [0.15, 0.2) is 5.65 Å². The van der Waals surface area contributed by atoms with Crippen LogP contribution in [0.5, 0.6) is 5.75 Å². The first kappa shape index (κ1) is 14.3. The Labute approximate surface area is 142 Å². The number of pyridine rings is 1. The lowest BCUT2D eigenvalue weighted by Gasteiger charge is -2.08. The predicted octanol–water partition coefficient (Wildman–Crippen LogP) is 2.48. The van der Waals surface area contributed by atoms with Crippen molar-refractivity contribution >= 4 is 22.2 Å². The van der Waals surface area contributed by atoms with Gasteiger partial charge in [-0.1, -0.05) is 0 Å². The number of hydrogen-bond acceptors (Lipinski definition) is 4. The Bertz CT molecular complexity index is 1150. The molecule has 25 heavy (non-hydrogen) atoms. The van der Waals surface area contributed by atoms with E-state index in [9.17, 15) is 4.79 Å². The molecule has 7 nitrogen and oxygen atoms in total. The van der Waals surface area contributed by atoms with E-state index in [-0.39, 0.29) is 5.69 Å². The molecule has 1 saturated carbocycles. The zero-order valence-electron chi connectivity index (χ0n) is 13.8. The maximum Gasteiger partial charge on any atom is 0.332 e. The van der Waals surface area contributed by atoms with Crippen LogP contribution in [-0.2, 0) is 6.54 Å². The van der Waals surface area contributed by atoms with Gasteiger partial charge in [-0.2, -0.15) is 0 Å². The average molecular weight is 335 g/mol. The molecule has 7 heteroatoms. The van der Waals surface area contributed by atoms with E-state index in [0.29, 0.717) is 16.9 Å². The molecular weight excluding hydrogens is 318 g/mol. The van der Waals surface area contributed by atoms with Gasteiger partial charge in [0.2, 0.25) is 0 Å². The number of nitrogens with one attached hydrogen (secondary N) is 1. The molecule has 126 valence electrons. The monoisotopic (exact) mass is 335 g/mol. The highest BCUT2D eigenvalue weighted by Gasteiger charge is 2.22. The molecule has 4 aromatic rings. The molecule has 1 N–H and O–H groups in total. The second-order valence-electron chi connectivity index (χ2n) is 6.49. The molecule has 0 aliphatic heterocycles. The van der Waals surface area contributed by atoms with Crippen molar-refractivity contribution in [2.45, 2.75) is 19.4 Å². The van der Waals surface area contributed by atoms with Crippen molar-refractivity contribution in [3.8, 4) is 11.4 Å². The van der Waals surface area contributed by atoms with Gasteiger partial charge in [0.05, 0.1) is 30.2 Å². The smallest absolute Gasteiger partial charge is 0.332 e. The number of benzene rings is 1. The maximum absolute atomic E-state index is 12.5.